The predicted molar refractivity (Wildman–Crippen MR) is 56.3 cm³/mol. The molecule has 0 bridgehead atoms. The van der Waals surface area contributed by atoms with E-state index in [2.05, 4.69) is 64.5 Å². The molecule has 0 fully saturated rings. The van der Waals surface area contributed by atoms with Gasteiger partial charge in [0, 0.05) is 8.04 Å². The number of aryl methyl sites for hydroxylation is 1. The molecule has 1 aromatic carbocycles. The maximum atomic E-state index is 3.49. The van der Waals surface area contributed by atoms with Crippen LogP contribution in [0.5, 0.6) is 0 Å². The lowest BCUT2D eigenvalue weighted by atomic mass is 10.2. The molecular weight excluding hydrogens is 303 g/mol. The molecule has 0 aliphatic rings. The lowest BCUT2D eigenvalue weighted by molar-refractivity contribution is 1.33. The van der Waals surface area contributed by atoms with Crippen molar-refractivity contribution in [2.45, 2.75) is 13.8 Å². The number of rotatable bonds is 0. The Hall–Kier alpha value is 0.430. The Labute approximate surface area is 83.3 Å². The van der Waals surface area contributed by atoms with Crippen molar-refractivity contribution in [3.63, 3.8) is 0 Å². The van der Waals surface area contributed by atoms with Crippen molar-refractivity contribution < 1.29 is 0 Å². The van der Waals surface area contributed by atoms with Gasteiger partial charge in [0.2, 0.25) is 0 Å². The first kappa shape index (κ1) is 8.53. The Kier molecular flexibility index (Phi) is 2.74. The van der Waals surface area contributed by atoms with Gasteiger partial charge in [0.25, 0.3) is 0 Å². The van der Waals surface area contributed by atoms with Crippen LogP contribution < -0.4 is 0 Å². The normalized spacial score (nSPS) is 10.0. The molecule has 0 saturated heterocycles. The molecule has 1 rings (SSSR count). The molecule has 1 aromatic rings. The summed E-state index contributed by atoms with van der Waals surface area (Å²) >= 11 is 5.84. The summed E-state index contributed by atoms with van der Waals surface area (Å²) in [6.07, 6.45) is 0. The zero-order valence-electron chi connectivity index (χ0n) is 5.91. The molecule has 2 heteroatoms. The van der Waals surface area contributed by atoms with Crippen LogP contribution in [0.3, 0.4) is 0 Å². The Morgan fingerprint density at radius 2 is 1.90 bits per heavy atom. The molecule has 0 N–H and O–H groups in total. The van der Waals surface area contributed by atoms with E-state index in [1.807, 2.05) is 0 Å². The Balaban J connectivity index is 3.31. The summed E-state index contributed by atoms with van der Waals surface area (Å²) < 4.78 is 2.53. The van der Waals surface area contributed by atoms with E-state index in [1.54, 1.807) is 0 Å². The van der Waals surface area contributed by atoms with Crippen molar-refractivity contribution in [1.82, 2.24) is 0 Å². The summed E-state index contributed by atoms with van der Waals surface area (Å²) in [6, 6.07) is 4.32. The highest BCUT2D eigenvalue weighted by atomic mass is 127. The zero-order chi connectivity index (χ0) is 7.72. The van der Waals surface area contributed by atoms with Gasteiger partial charge >= 0.3 is 0 Å². The average Bonchev–Trinajstić information content (AvgIpc) is 1.82. The minimum Gasteiger partial charge on any atom is -0.0505 e. The van der Waals surface area contributed by atoms with Crippen molar-refractivity contribution in [2.24, 2.45) is 0 Å². The van der Waals surface area contributed by atoms with Crippen LogP contribution in [-0.2, 0) is 0 Å². The second kappa shape index (κ2) is 3.22. The summed E-state index contributed by atoms with van der Waals surface area (Å²) in [6.45, 7) is 4.22. The van der Waals surface area contributed by atoms with Crippen LogP contribution in [0.2, 0.25) is 0 Å². The monoisotopic (exact) mass is 310 g/mol. The van der Waals surface area contributed by atoms with Crippen molar-refractivity contribution in [3.05, 3.63) is 31.3 Å². The lowest BCUT2D eigenvalue weighted by Crippen LogP contribution is -1.83. The molecule has 10 heavy (non-hydrogen) atoms. The minimum atomic E-state index is 1.21. The molecule has 0 nitrogen and oxygen atoms in total. The van der Waals surface area contributed by atoms with E-state index in [4.69, 9.17) is 0 Å². The van der Waals surface area contributed by atoms with Gasteiger partial charge in [-0.3, -0.25) is 0 Å². The van der Waals surface area contributed by atoms with Crippen molar-refractivity contribution in [1.29, 1.82) is 0 Å². The van der Waals surface area contributed by atoms with Gasteiger partial charge in [0.05, 0.1) is 0 Å². The molecule has 0 radical (unpaired) electrons. The third-order valence-electron chi connectivity index (χ3n) is 1.43. The van der Waals surface area contributed by atoms with Crippen molar-refractivity contribution >= 4 is 38.5 Å². The smallest absolute Gasteiger partial charge is 0.0217 e. The fraction of sp³-hybridized carbons (Fsp3) is 0.250. The molecule has 0 unspecified atom stereocenters. The van der Waals surface area contributed by atoms with E-state index >= 15 is 0 Å². The standard InChI is InChI=1S/C8H8BrI/c1-5-3-7(9)6(2)8(10)4-5/h3-4H,1-2H3. The summed E-state index contributed by atoms with van der Waals surface area (Å²) in [5.74, 6) is 0. The number of hydrogen-bond donors (Lipinski definition) is 0. The van der Waals surface area contributed by atoms with Crippen LogP contribution in [0.15, 0.2) is 16.6 Å². The van der Waals surface area contributed by atoms with Crippen molar-refractivity contribution in [2.75, 3.05) is 0 Å². The van der Waals surface area contributed by atoms with Gasteiger partial charge in [0.15, 0.2) is 0 Å². The van der Waals surface area contributed by atoms with Crippen LogP contribution >= 0.6 is 38.5 Å². The van der Waals surface area contributed by atoms with Crippen molar-refractivity contribution in [3.8, 4) is 0 Å². The second-order valence-corrected chi connectivity index (χ2v) is 4.37. The van der Waals surface area contributed by atoms with Gasteiger partial charge in [-0.15, -0.1) is 0 Å². The molecule has 54 valence electrons. The van der Waals surface area contributed by atoms with Gasteiger partial charge in [-0.25, -0.2) is 0 Å². The first-order valence-electron chi connectivity index (χ1n) is 3.03. The van der Waals surface area contributed by atoms with Crippen LogP contribution in [0.4, 0.5) is 0 Å². The highest BCUT2D eigenvalue weighted by Crippen LogP contribution is 2.22. The fourth-order valence-corrected chi connectivity index (χ4v) is 2.50. The number of halogens is 2. The summed E-state index contributed by atoms with van der Waals surface area (Å²) in [5, 5.41) is 0. The Morgan fingerprint density at radius 3 is 2.40 bits per heavy atom. The maximum absolute atomic E-state index is 3.49. The Morgan fingerprint density at radius 1 is 1.30 bits per heavy atom. The topological polar surface area (TPSA) is 0 Å². The van der Waals surface area contributed by atoms with Gasteiger partial charge in [0.1, 0.15) is 0 Å². The second-order valence-electron chi connectivity index (χ2n) is 2.35. The minimum absolute atomic E-state index is 1.21. The van der Waals surface area contributed by atoms with E-state index in [0.29, 0.717) is 0 Å². The quantitative estimate of drug-likeness (QED) is 0.641. The van der Waals surface area contributed by atoms with E-state index < -0.39 is 0 Å². The molecule has 0 saturated carbocycles. The van der Waals surface area contributed by atoms with E-state index in [0.717, 1.165) is 0 Å². The largest absolute Gasteiger partial charge is 0.0505 e. The van der Waals surface area contributed by atoms with Crippen LogP contribution in [0.1, 0.15) is 11.1 Å². The highest BCUT2D eigenvalue weighted by molar-refractivity contribution is 14.1. The molecule has 0 spiro atoms. The third kappa shape index (κ3) is 1.72. The van der Waals surface area contributed by atoms with Crippen LogP contribution in [0.25, 0.3) is 0 Å². The van der Waals surface area contributed by atoms with Gasteiger partial charge < -0.3 is 0 Å². The number of hydrogen-bond acceptors (Lipinski definition) is 0. The van der Waals surface area contributed by atoms with Gasteiger partial charge in [-0.1, -0.05) is 15.9 Å². The van der Waals surface area contributed by atoms with E-state index in [-0.39, 0.29) is 0 Å². The highest BCUT2D eigenvalue weighted by Gasteiger charge is 1.98. The van der Waals surface area contributed by atoms with E-state index in [1.165, 1.54) is 19.2 Å². The predicted octanol–water partition coefficient (Wildman–Crippen LogP) is 3.67. The molecule has 0 amide bonds. The van der Waals surface area contributed by atoms with Crippen LogP contribution in [-0.4, -0.2) is 0 Å². The molecule has 0 atom stereocenters. The van der Waals surface area contributed by atoms with Gasteiger partial charge in [-0.05, 0) is 59.7 Å². The first-order valence-corrected chi connectivity index (χ1v) is 4.90. The van der Waals surface area contributed by atoms with E-state index in [9.17, 15) is 0 Å². The molecular formula is C8H8BrI. The summed E-state index contributed by atoms with van der Waals surface area (Å²) in [4.78, 5) is 0. The zero-order valence-corrected chi connectivity index (χ0v) is 9.65. The molecule has 0 heterocycles. The Bertz CT molecular complexity index is 232. The lowest BCUT2D eigenvalue weighted by Gasteiger charge is -2.01. The molecule has 0 aliphatic carbocycles. The summed E-state index contributed by atoms with van der Waals surface area (Å²) in [5.41, 5.74) is 2.63. The first-order chi connectivity index (χ1) is 4.61. The van der Waals surface area contributed by atoms with Gasteiger partial charge in [-0.2, -0.15) is 0 Å². The fourth-order valence-electron chi connectivity index (χ4n) is 0.772. The third-order valence-corrected chi connectivity index (χ3v) is 3.37. The average molecular weight is 311 g/mol. The molecule has 0 aliphatic heterocycles. The summed E-state index contributed by atoms with van der Waals surface area (Å²) in [7, 11) is 0. The molecule has 0 aromatic heterocycles. The number of benzene rings is 1. The SMILES string of the molecule is Cc1cc(Br)c(C)c(I)c1. The van der Waals surface area contributed by atoms with Crippen LogP contribution in [0, 0.1) is 17.4 Å². The maximum Gasteiger partial charge on any atom is 0.0217 e.